The Balaban J connectivity index is 1.87. The third-order valence-electron chi connectivity index (χ3n) is 4.52. The first kappa shape index (κ1) is 21.5. The van der Waals surface area contributed by atoms with Crippen LogP contribution in [-0.2, 0) is 16.0 Å². The smallest absolute Gasteiger partial charge is 0.333 e. The number of esters is 1. The zero-order valence-electron chi connectivity index (χ0n) is 16.1. The van der Waals surface area contributed by atoms with Gasteiger partial charge in [-0.3, -0.25) is 0 Å². The number of ether oxygens (including phenoxy) is 1. The molecule has 0 atom stereocenters. The number of furan rings is 1. The topological polar surface area (TPSA) is 39.4 Å². The minimum Gasteiger partial charge on any atom is -0.469 e. The van der Waals surface area contributed by atoms with Gasteiger partial charge in [-0.25, -0.2) is 4.79 Å². The molecule has 0 amide bonds. The van der Waals surface area contributed by atoms with Crippen LogP contribution in [0.1, 0.15) is 89.7 Å². The number of unbranched alkanes of at least 4 members (excludes halogenated alkanes) is 10. The van der Waals surface area contributed by atoms with E-state index in [9.17, 15) is 4.79 Å². The number of rotatable bonds is 16. The predicted octanol–water partition coefficient (Wildman–Crippen LogP) is 6.62. The molecule has 0 N–H and O–H groups in total. The Morgan fingerprint density at radius 3 is 2.16 bits per heavy atom. The average molecular weight is 349 g/mol. The van der Waals surface area contributed by atoms with Crippen LogP contribution in [0.15, 0.2) is 35.0 Å². The summed E-state index contributed by atoms with van der Waals surface area (Å²) in [6, 6.07) is 3.76. The van der Waals surface area contributed by atoms with Crippen LogP contribution in [0, 0.1) is 0 Å². The van der Waals surface area contributed by atoms with E-state index in [1.807, 2.05) is 12.1 Å². The van der Waals surface area contributed by atoms with E-state index in [-0.39, 0.29) is 5.97 Å². The summed E-state index contributed by atoms with van der Waals surface area (Å²) >= 11 is 0. The molecule has 25 heavy (non-hydrogen) atoms. The van der Waals surface area contributed by atoms with Crippen LogP contribution in [0.2, 0.25) is 0 Å². The van der Waals surface area contributed by atoms with Crippen LogP contribution in [0.4, 0.5) is 0 Å². The highest BCUT2D eigenvalue weighted by atomic mass is 16.5. The van der Waals surface area contributed by atoms with Crippen molar-refractivity contribution >= 4 is 5.97 Å². The highest BCUT2D eigenvalue weighted by Gasteiger charge is 2.09. The molecule has 1 heterocycles. The molecule has 0 fully saturated rings. The molecule has 1 aromatic rings. The van der Waals surface area contributed by atoms with Crippen molar-refractivity contribution in [2.75, 3.05) is 6.61 Å². The van der Waals surface area contributed by atoms with Gasteiger partial charge in [-0.05, 0) is 25.0 Å². The van der Waals surface area contributed by atoms with Crippen molar-refractivity contribution in [1.82, 2.24) is 0 Å². The fourth-order valence-electron chi connectivity index (χ4n) is 2.86. The molecule has 0 spiro atoms. The van der Waals surface area contributed by atoms with Crippen LogP contribution in [-0.4, -0.2) is 12.6 Å². The zero-order chi connectivity index (χ0) is 18.2. The third-order valence-corrected chi connectivity index (χ3v) is 4.52. The average Bonchev–Trinajstić information content (AvgIpc) is 3.14. The van der Waals surface area contributed by atoms with Crippen LogP contribution in [0.5, 0.6) is 0 Å². The first-order valence-corrected chi connectivity index (χ1v) is 10.1. The zero-order valence-corrected chi connectivity index (χ0v) is 16.1. The Morgan fingerprint density at radius 1 is 1.00 bits per heavy atom. The highest BCUT2D eigenvalue weighted by Crippen LogP contribution is 2.12. The Kier molecular flexibility index (Phi) is 12.7. The Morgan fingerprint density at radius 2 is 1.60 bits per heavy atom. The quantitative estimate of drug-likeness (QED) is 0.191. The number of hydrogen-bond acceptors (Lipinski definition) is 3. The lowest BCUT2D eigenvalue weighted by Gasteiger charge is -2.07. The summed E-state index contributed by atoms with van der Waals surface area (Å²) in [6.45, 7) is 6.58. The summed E-state index contributed by atoms with van der Waals surface area (Å²) in [6.07, 6.45) is 17.2. The van der Waals surface area contributed by atoms with Crippen molar-refractivity contribution in [3.8, 4) is 0 Å². The summed E-state index contributed by atoms with van der Waals surface area (Å²) in [7, 11) is 0. The van der Waals surface area contributed by atoms with Gasteiger partial charge in [-0.2, -0.15) is 0 Å². The molecule has 1 rings (SSSR count). The van der Waals surface area contributed by atoms with Gasteiger partial charge in [0.2, 0.25) is 0 Å². The van der Waals surface area contributed by atoms with Crippen molar-refractivity contribution in [1.29, 1.82) is 0 Å². The van der Waals surface area contributed by atoms with Gasteiger partial charge in [-0.1, -0.05) is 77.7 Å². The van der Waals surface area contributed by atoms with E-state index < -0.39 is 0 Å². The minimum absolute atomic E-state index is 0.265. The van der Waals surface area contributed by atoms with Gasteiger partial charge in [0.25, 0.3) is 0 Å². The van der Waals surface area contributed by atoms with Crippen molar-refractivity contribution in [2.24, 2.45) is 0 Å². The van der Waals surface area contributed by atoms with E-state index >= 15 is 0 Å². The Labute approximate surface area is 153 Å². The van der Waals surface area contributed by atoms with Gasteiger partial charge in [0.05, 0.1) is 12.9 Å². The predicted molar refractivity (Wildman–Crippen MR) is 104 cm³/mol. The second kappa shape index (κ2) is 14.8. The molecule has 3 heteroatoms. The van der Waals surface area contributed by atoms with Crippen LogP contribution < -0.4 is 0 Å². The van der Waals surface area contributed by atoms with Crippen molar-refractivity contribution in [2.45, 2.75) is 90.4 Å². The number of hydrogen-bond donors (Lipinski definition) is 0. The molecule has 142 valence electrons. The van der Waals surface area contributed by atoms with Gasteiger partial charge in [0.15, 0.2) is 0 Å². The molecular weight excluding hydrogens is 312 g/mol. The summed E-state index contributed by atoms with van der Waals surface area (Å²) in [4.78, 5) is 11.8. The van der Waals surface area contributed by atoms with Crippen molar-refractivity contribution in [3.63, 3.8) is 0 Å². The maximum absolute atomic E-state index is 11.8. The molecule has 0 saturated heterocycles. The van der Waals surface area contributed by atoms with Gasteiger partial charge in [0.1, 0.15) is 5.76 Å². The van der Waals surface area contributed by atoms with E-state index in [4.69, 9.17) is 9.15 Å². The van der Waals surface area contributed by atoms with E-state index in [0.717, 1.165) is 18.6 Å². The Bertz CT molecular complexity index is 448. The normalized spacial score (nSPS) is 10.8. The molecule has 1 aromatic heterocycles. The third kappa shape index (κ3) is 11.6. The summed E-state index contributed by atoms with van der Waals surface area (Å²) < 4.78 is 10.5. The lowest BCUT2D eigenvalue weighted by molar-refractivity contribution is -0.139. The van der Waals surface area contributed by atoms with Gasteiger partial charge >= 0.3 is 5.97 Å². The monoisotopic (exact) mass is 348 g/mol. The van der Waals surface area contributed by atoms with Gasteiger partial charge < -0.3 is 9.15 Å². The van der Waals surface area contributed by atoms with Crippen molar-refractivity contribution < 1.29 is 13.9 Å². The molecule has 3 nitrogen and oxygen atoms in total. The van der Waals surface area contributed by atoms with E-state index in [1.54, 1.807) is 6.26 Å². The van der Waals surface area contributed by atoms with Crippen LogP contribution >= 0.6 is 0 Å². The molecule has 0 aliphatic rings. The fourth-order valence-corrected chi connectivity index (χ4v) is 2.86. The molecule has 0 bridgehead atoms. The van der Waals surface area contributed by atoms with E-state index in [1.165, 1.54) is 57.8 Å². The van der Waals surface area contributed by atoms with Crippen LogP contribution in [0.25, 0.3) is 0 Å². The molecule has 0 saturated carbocycles. The maximum Gasteiger partial charge on any atom is 0.333 e. The summed E-state index contributed by atoms with van der Waals surface area (Å²) in [5, 5.41) is 0. The molecular formula is C22H36O3. The summed E-state index contributed by atoms with van der Waals surface area (Å²) in [5.74, 6) is 0.609. The molecule has 0 unspecified atom stereocenters. The lowest BCUT2D eigenvalue weighted by Crippen LogP contribution is -2.09. The first-order valence-electron chi connectivity index (χ1n) is 10.1. The SMILES string of the molecule is C=C(CCc1ccco1)C(=O)OCCCCCCCCCCCCC. The fraction of sp³-hybridized carbons (Fsp3) is 0.682. The largest absolute Gasteiger partial charge is 0.469 e. The van der Waals surface area contributed by atoms with Crippen molar-refractivity contribution in [3.05, 3.63) is 36.3 Å². The second-order valence-electron chi connectivity index (χ2n) is 6.85. The molecule has 0 aromatic carbocycles. The Hall–Kier alpha value is -1.51. The summed E-state index contributed by atoms with van der Waals surface area (Å²) in [5.41, 5.74) is 0.527. The number of carbonyl (C=O) groups is 1. The number of carbonyl (C=O) groups excluding carboxylic acids is 1. The van der Waals surface area contributed by atoms with E-state index in [2.05, 4.69) is 13.5 Å². The van der Waals surface area contributed by atoms with Gasteiger partial charge in [-0.15, -0.1) is 0 Å². The highest BCUT2D eigenvalue weighted by molar-refractivity contribution is 5.87. The maximum atomic E-state index is 11.8. The number of aryl methyl sites for hydroxylation is 1. The lowest BCUT2D eigenvalue weighted by atomic mass is 10.1. The van der Waals surface area contributed by atoms with E-state index in [0.29, 0.717) is 25.0 Å². The van der Waals surface area contributed by atoms with Gasteiger partial charge in [0, 0.05) is 12.0 Å². The molecule has 0 aliphatic carbocycles. The molecule has 0 aliphatic heterocycles. The minimum atomic E-state index is -0.265. The standard InChI is InChI=1S/C22H36O3/c1-3-4-5-6-7-8-9-10-11-12-13-18-25-22(23)20(2)16-17-21-15-14-19-24-21/h14-15,19H,2-13,16-18H2,1H3. The second-order valence-corrected chi connectivity index (χ2v) is 6.85. The molecule has 0 radical (unpaired) electrons. The van der Waals surface area contributed by atoms with Crippen LogP contribution in [0.3, 0.4) is 0 Å². The first-order chi connectivity index (χ1) is 12.2.